The Hall–Kier alpha value is -1.73. The maximum atomic E-state index is 12.4. The maximum absolute atomic E-state index is 12.4. The molecule has 0 N–H and O–H groups in total. The van der Waals surface area contributed by atoms with Gasteiger partial charge in [0.1, 0.15) is 0 Å². The zero-order chi connectivity index (χ0) is 16.9. The molecule has 1 aliphatic heterocycles. The fourth-order valence-electron chi connectivity index (χ4n) is 2.66. The molecule has 2 aromatic rings. The van der Waals surface area contributed by atoms with Crippen molar-refractivity contribution < 1.29 is 13.9 Å². The van der Waals surface area contributed by atoms with Gasteiger partial charge in [-0.15, -0.1) is 21.5 Å². The maximum Gasteiger partial charge on any atom is 0.247 e. The molecule has 24 heavy (non-hydrogen) atoms. The molecule has 1 amide bonds. The Kier molecular flexibility index (Phi) is 5.63. The second-order valence-electron chi connectivity index (χ2n) is 6.27. The van der Waals surface area contributed by atoms with Gasteiger partial charge in [0.2, 0.25) is 17.7 Å². The second-order valence-corrected chi connectivity index (χ2v) is 7.30. The summed E-state index contributed by atoms with van der Waals surface area (Å²) in [4.78, 5) is 15.6. The molecule has 0 aromatic carbocycles. The zero-order valence-corrected chi connectivity index (χ0v) is 14.9. The molecule has 3 rings (SSSR count). The van der Waals surface area contributed by atoms with Gasteiger partial charge in [-0.1, -0.05) is 19.9 Å². The first-order valence-corrected chi connectivity index (χ1v) is 9.26. The summed E-state index contributed by atoms with van der Waals surface area (Å²) < 4.78 is 11.4. The van der Waals surface area contributed by atoms with E-state index in [1.807, 2.05) is 24.8 Å². The van der Waals surface area contributed by atoms with Crippen LogP contribution in [-0.2, 0) is 16.0 Å². The number of amides is 1. The third-order valence-electron chi connectivity index (χ3n) is 4.04. The van der Waals surface area contributed by atoms with Gasteiger partial charge in [-0.2, -0.15) is 0 Å². The van der Waals surface area contributed by atoms with Crippen molar-refractivity contribution in [1.82, 2.24) is 15.1 Å². The summed E-state index contributed by atoms with van der Waals surface area (Å²) in [7, 11) is 0. The van der Waals surface area contributed by atoms with E-state index in [0.29, 0.717) is 37.9 Å². The predicted octanol–water partition coefficient (Wildman–Crippen LogP) is 3.18. The van der Waals surface area contributed by atoms with Gasteiger partial charge in [-0.3, -0.25) is 4.79 Å². The first kappa shape index (κ1) is 17.1. The van der Waals surface area contributed by atoms with Gasteiger partial charge in [0, 0.05) is 23.8 Å². The summed E-state index contributed by atoms with van der Waals surface area (Å²) >= 11 is 1.74. The first-order valence-electron chi connectivity index (χ1n) is 8.38. The molecule has 1 atom stereocenters. The summed E-state index contributed by atoms with van der Waals surface area (Å²) in [6.45, 7) is 5.61. The van der Waals surface area contributed by atoms with E-state index in [0.717, 1.165) is 12.8 Å². The van der Waals surface area contributed by atoms with E-state index in [-0.39, 0.29) is 17.9 Å². The summed E-state index contributed by atoms with van der Waals surface area (Å²) in [5, 5.41) is 10.2. The predicted molar refractivity (Wildman–Crippen MR) is 90.9 cm³/mol. The molecule has 0 bridgehead atoms. The normalized spacial score (nSPS) is 18.3. The molecule has 130 valence electrons. The van der Waals surface area contributed by atoms with Crippen molar-refractivity contribution in [2.24, 2.45) is 0 Å². The largest absolute Gasteiger partial charge is 0.422 e. The van der Waals surface area contributed by atoms with E-state index in [1.54, 1.807) is 11.3 Å². The molecule has 0 saturated carbocycles. The second kappa shape index (κ2) is 7.90. The van der Waals surface area contributed by atoms with Crippen molar-refractivity contribution in [3.8, 4) is 0 Å². The fraction of sp³-hybridized carbons (Fsp3) is 0.588. The smallest absolute Gasteiger partial charge is 0.247 e. The zero-order valence-electron chi connectivity index (χ0n) is 14.1. The summed E-state index contributed by atoms with van der Waals surface area (Å²) in [6.07, 6.45) is 2.07. The van der Waals surface area contributed by atoms with E-state index in [2.05, 4.69) is 21.6 Å². The monoisotopic (exact) mass is 349 g/mol. The van der Waals surface area contributed by atoms with Crippen LogP contribution < -0.4 is 0 Å². The standard InChI is InChI=1S/C17H23N3O3S/c1-12(2)16-18-19-17(23-16)14-11-20(8-9-22-14)15(21)7-3-5-13-6-4-10-24-13/h4,6,10,12,14H,3,5,7-9,11H2,1-2H3/t14-/m1/s1. The Morgan fingerprint density at radius 1 is 1.46 bits per heavy atom. The number of aryl methyl sites for hydroxylation is 1. The SMILES string of the molecule is CC(C)c1nnc([C@H]2CN(C(=O)CCCc3cccs3)CCO2)o1. The number of nitrogens with zero attached hydrogens (tertiary/aromatic N) is 3. The third-order valence-corrected chi connectivity index (χ3v) is 4.97. The van der Waals surface area contributed by atoms with Crippen molar-refractivity contribution in [2.45, 2.75) is 45.1 Å². The van der Waals surface area contributed by atoms with Crippen LogP contribution in [0, 0.1) is 0 Å². The Balaban J connectivity index is 1.51. The number of ether oxygens (including phenoxy) is 1. The van der Waals surface area contributed by atoms with Gasteiger partial charge in [0.25, 0.3) is 0 Å². The molecule has 0 aliphatic carbocycles. The van der Waals surface area contributed by atoms with Gasteiger partial charge >= 0.3 is 0 Å². The molecule has 1 aliphatic rings. The number of hydrogen-bond acceptors (Lipinski definition) is 6. The highest BCUT2D eigenvalue weighted by Gasteiger charge is 2.29. The van der Waals surface area contributed by atoms with Crippen LogP contribution in [-0.4, -0.2) is 40.7 Å². The van der Waals surface area contributed by atoms with Crippen LogP contribution >= 0.6 is 11.3 Å². The highest BCUT2D eigenvalue weighted by Crippen LogP contribution is 2.24. The molecule has 0 unspecified atom stereocenters. The van der Waals surface area contributed by atoms with E-state index < -0.39 is 0 Å². The average Bonchev–Trinajstić information content (AvgIpc) is 3.26. The van der Waals surface area contributed by atoms with Gasteiger partial charge < -0.3 is 14.1 Å². The summed E-state index contributed by atoms with van der Waals surface area (Å²) in [5.41, 5.74) is 0. The van der Waals surface area contributed by atoms with E-state index in [4.69, 9.17) is 9.15 Å². The molecular formula is C17H23N3O3S. The third kappa shape index (κ3) is 4.21. The number of carbonyl (C=O) groups excluding carboxylic acids is 1. The van der Waals surface area contributed by atoms with Gasteiger partial charge in [0.05, 0.1) is 13.2 Å². The van der Waals surface area contributed by atoms with Crippen LogP contribution in [0.1, 0.15) is 55.4 Å². The number of hydrogen-bond donors (Lipinski definition) is 0. The first-order chi connectivity index (χ1) is 11.6. The Labute approximate surface area is 145 Å². The number of carbonyl (C=O) groups is 1. The molecule has 1 saturated heterocycles. The van der Waals surface area contributed by atoms with E-state index >= 15 is 0 Å². The molecule has 7 heteroatoms. The van der Waals surface area contributed by atoms with Crippen LogP contribution in [0.3, 0.4) is 0 Å². The molecule has 3 heterocycles. The number of aromatic nitrogens is 2. The number of thiophene rings is 1. The topological polar surface area (TPSA) is 68.5 Å². The van der Waals surface area contributed by atoms with Crippen LogP contribution in [0.5, 0.6) is 0 Å². The molecule has 6 nitrogen and oxygen atoms in total. The van der Waals surface area contributed by atoms with Crippen LogP contribution in [0.25, 0.3) is 0 Å². The minimum Gasteiger partial charge on any atom is -0.422 e. The van der Waals surface area contributed by atoms with Gasteiger partial charge in [0.15, 0.2) is 6.10 Å². The van der Waals surface area contributed by atoms with Gasteiger partial charge in [-0.05, 0) is 24.3 Å². The molecule has 0 spiro atoms. The molecular weight excluding hydrogens is 326 g/mol. The van der Waals surface area contributed by atoms with Crippen molar-refractivity contribution in [1.29, 1.82) is 0 Å². The lowest BCUT2D eigenvalue weighted by Crippen LogP contribution is -2.42. The molecule has 2 aromatic heterocycles. The summed E-state index contributed by atoms with van der Waals surface area (Å²) in [5.74, 6) is 1.43. The highest BCUT2D eigenvalue weighted by atomic mass is 32.1. The van der Waals surface area contributed by atoms with Crippen molar-refractivity contribution in [3.63, 3.8) is 0 Å². The van der Waals surface area contributed by atoms with Gasteiger partial charge in [-0.25, -0.2) is 0 Å². The minimum absolute atomic E-state index is 0.170. The lowest BCUT2D eigenvalue weighted by atomic mass is 10.2. The van der Waals surface area contributed by atoms with Crippen LogP contribution in [0.2, 0.25) is 0 Å². The fourth-order valence-corrected chi connectivity index (χ4v) is 3.41. The lowest BCUT2D eigenvalue weighted by molar-refractivity contribution is -0.140. The quantitative estimate of drug-likeness (QED) is 0.801. The molecule has 0 radical (unpaired) electrons. The lowest BCUT2D eigenvalue weighted by Gasteiger charge is -2.31. The van der Waals surface area contributed by atoms with Crippen molar-refractivity contribution >= 4 is 17.2 Å². The van der Waals surface area contributed by atoms with E-state index in [1.165, 1.54) is 4.88 Å². The van der Waals surface area contributed by atoms with Crippen molar-refractivity contribution in [2.75, 3.05) is 19.7 Å². The van der Waals surface area contributed by atoms with Crippen LogP contribution in [0.4, 0.5) is 0 Å². The Bertz CT molecular complexity index is 654. The van der Waals surface area contributed by atoms with Crippen LogP contribution in [0.15, 0.2) is 21.9 Å². The van der Waals surface area contributed by atoms with Crippen molar-refractivity contribution in [3.05, 3.63) is 34.2 Å². The molecule has 1 fully saturated rings. The number of morpholine rings is 1. The minimum atomic E-state index is -0.319. The number of rotatable bonds is 6. The average molecular weight is 349 g/mol. The Morgan fingerprint density at radius 3 is 3.04 bits per heavy atom. The highest BCUT2D eigenvalue weighted by molar-refractivity contribution is 7.09. The Morgan fingerprint density at radius 2 is 2.33 bits per heavy atom. The summed E-state index contributed by atoms with van der Waals surface area (Å²) in [6, 6.07) is 4.16. The van der Waals surface area contributed by atoms with E-state index in [9.17, 15) is 4.79 Å².